The number of nitrogens with one attached hydrogen (secondary N) is 1. The van der Waals surface area contributed by atoms with Crippen molar-refractivity contribution >= 4 is 11.9 Å². The molecule has 126 valence electrons. The Kier molecular flexibility index (Phi) is 5.84. The molecule has 1 amide bonds. The zero-order valence-corrected chi connectivity index (χ0v) is 13.7. The molecule has 0 aromatic rings. The van der Waals surface area contributed by atoms with Crippen LogP contribution in [0.15, 0.2) is 0 Å². The van der Waals surface area contributed by atoms with Crippen LogP contribution in [0.3, 0.4) is 0 Å². The molecule has 0 atom stereocenters. The molecule has 2 fully saturated rings. The summed E-state index contributed by atoms with van der Waals surface area (Å²) in [4.78, 5) is 23.5. The van der Waals surface area contributed by atoms with E-state index in [0.717, 1.165) is 38.9 Å². The SMILES string of the molecule is CCOCCC1(CNC(=O)CC2(C(=O)O)CCC2)CCCC1. The van der Waals surface area contributed by atoms with Gasteiger partial charge >= 0.3 is 5.97 Å². The van der Waals surface area contributed by atoms with Gasteiger partial charge < -0.3 is 15.2 Å². The summed E-state index contributed by atoms with van der Waals surface area (Å²) in [5.74, 6) is -0.925. The maximum absolute atomic E-state index is 12.2. The van der Waals surface area contributed by atoms with Crippen LogP contribution in [0.1, 0.15) is 64.7 Å². The van der Waals surface area contributed by atoms with Crippen molar-refractivity contribution in [3.05, 3.63) is 0 Å². The molecule has 0 unspecified atom stereocenters. The van der Waals surface area contributed by atoms with Gasteiger partial charge in [0.25, 0.3) is 0 Å². The summed E-state index contributed by atoms with van der Waals surface area (Å²) in [5, 5.41) is 12.3. The third-order valence-electron chi connectivity index (χ3n) is 5.57. The Balaban J connectivity index is 1.81. The molecular formula is C17H29NO4. The van der Waals surface area contributed by atoms with E-state index in [2.05, 4.69) is 5.32 Å². The number of carboxylic acid groups (broad SMARTS) is 1. The van der Waals surface area contributed by atoms with Crippen molar-refractivity contribution in [3.63, 3.8) is 0 Å². The first-order chi connectivity index (χ1) is 10.5. The topological polar surface area (TPSA) is 75.6 Å². The summed E-state index contributed by atoms with van der Waals surface area (Å²) in [5.41, 5.74) is -0.640. The number of hydrogen-bond acceptors (Lipinski definition) is 3. The minimum absolute atomic E-state index is 0.107. The highest BCUT2D eigenvalue weighted by Crippen LogP contribution is 2.44. The summed E-state index contributed by atoms with van der Waals surface area (Å²) in [6.45, 7) is 4.12. The van der Waals surface area contributed by atoms with E-state index in [-0.39, 0.29) is 17.7 Å². The van der Waals surface area contributed by atoms with E-state index in [4.69, 9.17) is 4.74 Å². The molecule has 0 bridgehead atoms. The number of amides is 1. The van der Waals surface area contributed by atoms with Gasteiger partial charge in [-0.15, -0.1) is 0 Å². The average Bonchev–Trinajstić information content (AvgIpc) is 2.90. The van der Waals surface area contributed by atoms with Gasteiger partial charge in [0.05, 0.1) is 5.41 Å². The molecule has 0 aliphatic heterocycles. The van der Waals surface area contributed by atoms with Gasteiger partial charge in [0, 0.05) is 26.2 Å². The molecule has 5 nitrogen and oxygen atoms in total. The molecule has 2 aliphatic carbocycles. The lowest BCUT2D eigenvalue weighted by atomic mass is 9.66. The van der Waals surface area contributed by atoms with Crippen molar-refractivity contribution in [1.29, 1.82) is 0 Å². The highest BCUT2D eigenvalue weighted by molar-refractivity contribution is 5.85. The van der Waals surface area contributed by atoms with Gasteiger partial charge in [-0.25, -0.2) is 0 Å². The number of carbonyl (C=O) groups excluding carboxylic acids is 1. The molecule has 2 saturated carbocycles. The van der Waals surface area contributed by atoms with Crippen LogP contribution in [0.2, 0.25) is 0 Å². The Morgan fingerprint density at radius 1 is 1.14 bits per heavy atom. The first kappa shape index (κ1) is 17.3. The van der Waals surface area contributed by atoms with Crippen molar-refractivity contribution < 1.29 is 19.4 Å². The predicted molar refractivity (Wildman–Crippen MR) is 83.6 cm³/mol. The Labute approximate surface area is 132 Å². The van der Waals surface area contributed by atoms with Crippen LogP contribution in [-0.4, -0.2) is 36.7 Å². The van der Waals surface area contributed by atoms with Crippen molar-refractivity contribution in [2.24, 2.45) is 10.8 Å². The summed E-state index contributed by atoms with van der Waals surface area (Å²) >= 11 is 0. The number of hydrogen-bond donors (Lipinski definition) is 2. The summed E-state index contributed by atoms with van der Waals surface area (Å²) in [7, 11) is 0. The number of aliphatic carboxylic acids is 1. The van der Waals surface area contributed by atoms with Gasteiger partial charge in [-0.2, -0.15) is 0 Å². The average molecular weight is 311 g/mol. The monoisotopic (exact) mass is 311 g/mol. The Morgan fingerprint density at radius 2 is 1.82 bits per heavy atom. The normalized spacial score (nSPS) is 22.0. The lowest BCUT2D eigenvalue weighted by Crippen LogP contribution is -2.44. The van der Waals surface area contributed by atoms with Crippen molar-refractivity contribution in [2.45, 2.75) is 64.7 Å². The quantitative estimate of drug-likeness (QED) is 0.642. The molecule has 0 radical (unpaired) electrons. The molecule has 0 aromatic carbocycles. The van der Waals surface area contributed by atoms with Crippen LogP contribution in [0.4, 0.5) is 0 Å². The van der Waals surface area contributed by atoms with E-state index >= 15 is 0 Å². The second-order valence-corrected chi connectivity index (χ2v) is 7.05. The van der Waals surface area contributed by atoms with Crippen LogP contribution in [0.25, 0.3) is 0 Å². The van der Waals surface area contributed by atoms with Crippen molar-refractivity contribution in [3.8, 4) is 0 Å². The van der Waals surface area contributed by atoms with E-state index in [1.165, 1.54) is 12.8 Å². The predicted octanol–water partition coefficient (Wildman–Crippen LogP) is 2.73. The summed E-state index contributed by atoms with van der Waals surface area (Å²) < 4.78 is 5.48. The summed E-state index contributed by atoms with van der Waals surface area (Å²) in [6.07, 6.45) is 7.96. The zero-order valence-electron chi connectivity index (χ0n) is 13.7. The van der Waals surface area contributed by atoms with E-state index in [1.807, 2.05) is 6.92 Å². The number of carboxylic acids is 1. The Hall–Kier alpha value is -1.10. The Bertz CT molecular complexity index is 397. The minimum Gasteiger partial charge on any atom is -0.481 e. The molecule has 5 heteroatoms. The van der Waals surface area contributed by atoms with Crippen LogP contribution >= 0.6 is 0 Å². The molecular weight excluding hydrogens is 282 g/mol. The second kappa shape index (κ2) is 7.44. The lowest BCUT2D eigenvalue weighted by Gasteiger charge is -2.37. The van der Waals surface area contributed by atoms with Gasteiger partial charge in [0.2, 0.25) is 5.91 Å². The smallest absolute Gasteiger partial charge is 0.310 e. The van der Waals surface area contributed by atoms with Gasteiger partial charge in [0.1, 0.15) is 0 Å². The van der Waals surface area contributed by atoms with Crippen LogP contribution in [0.5, 0.6) is 0 Å². The highest BCUT2D eigenvalue weighted by atomic mass is 16.5. The first-order valence-electron chi connectivity index (χ1n) is 8.60. The van der Waals surface area contributed by atoms with E-state index in [9.17, 15) is 14.7 Å². The molecule has 2 aliphatic rings. The highest BCUT2D eigenvalue weighted by Gasteiger charge is 2.46. The Morgan fingerprint density at radius 3 is 2.32 bits per heavy atom. The number of ether oxygens (including phenoxy) is 1. The molecule has 0 spiro atoms. The fourth-order valence-corrected chi connectivity index (χ4v) is 3.80. The minimum atomic E-state index is -0.819. The zero-order chi connectivity index (χ0) is 16.1. The summed E-state index contributed by atoms with van der Waals surface area (Å²) in [6, 6.07) is 0. The van der Waals surface area contributed by atoms with E-state index in [1.54, 1.807) is 0 Å². The van der Waals surface area contributed by atoms with Crippen LogP contribution < -0.4 is 5.32 Å². The fraction of sp³-hybridized carbons (Fsp3) is 0.882. The third kappa shape index (κ3) is 4.00. The van der Waals surface area contributed by atoms with Gasteiger partial charge in [-0.05, 0) is 44.4 Å². The maximum Gasteiger partial charge on any atom is 0.310 e. The third-order valence-corrected chi connectivity index (χ3v) is 5.57. The maximum atomic E-state index is 12.2. The van der Waals surface area contributed by atoms with Crippen molar-refractivity contribution in [1.82, 2.24) is 5.32 Å². The molecule has 0 saturated heterocycles. The molecule has 2 rings (SSSR count). The fourth-order valence-electron chi connectivity index (χ4n) is 3.80. The largest absolute Gasteiger partial charge is 0.481 e. The first-order valence-corrected chi connectivity index (χ1v) is 8.60. The second-order valence-electron chi connectivity index (χ2n) is 7.05. The molecule has 2 N–H and O–H groups in total. The van der Waals surface area contributed by atoms with Crippen molar-refractivity contribution in [2.75, 3.05) is 19.8 Å². The molecule has 22 heavy (non-hydrogen) atoms. The van der Waals surface area contributed by atoms with Crippen LogP contribution in [-0.2, 0) is 14.3 Å². The lowest BCUT2D eigenvalue weighted by molar-refractivity contribution is -0.157. The number of rotatable bonds is 9. The van der Waals surface area contributed by atoms with E-state index in [0.29, 0.717) is 19.4 Å². The van der Waals surface area contributed by atoms with E-state index < -0.39 is 11.4 Å². The number of carbonyl (C=O) groups is 2. The van der Waals surface area contributed by atoms with Gasteiger partial charge in [-0.3, -0.25) is 9.59 Å². The van der Waals surface area contributed by atoms with Crippen LogP contribution in [0, 0.1) is 10.8 Å². The molecule has 0 heterocycles. The van der Waals surface area contributed by atoms with Gasteiger partial charge in [0.15, 0.2) is 0 Å². The molecule has 0 aromatic heterocycles. The standard InChI is InChI=1S/C17H29NO4/c1-2-22-11-10-16(6-3-4-7-16)13-18-14(19)12-17(15(20)21)8-5-9-17/h2-13H2,1H3,(H,18,19)(H,20,21). The van der Waals surface area contributed by atoms with Gasteiger partial charge in [-0.1, -0.05) is 19.3 Å².